The molecule has 0 saturated carbocycles. The molecule has 0 aliphatic carbocycles. The molecule has 0 atom stereocenters. The van der Waals surface area contributed by atoms with Gasteiger partial charge in [-0.1, -0.05) is 68.4 Å². The molecule has 2 aromatic carbocycles. The van der Waals surface area contributed by atoms with Gasteiger partial charge in [-0.05, 0) is 23.3 Å². The lowest BCUT2D eigenvalue weighted by Crippen LogP contribution is -1.97. The largest absolute Gasteiger partial charge is 0.235 e. The summed E-state index contributed by atoms with van der Waals surface area (Å²) in [5.41, 5.74) is 1.54. The monoisotopic (exact) mass is 432 g/mol. The van der Waals surface area contributed by atoms with Crippen molar-refractivity contribution in [3.63, 3.8) is 0 Å². The second kappa shape index (κ2) is 7.09. The average Bonchev–Trinajstić information content (AvgIpc) is 2.48. The second-order valence-electron chi connectivity index (χ2n) is 4.28. The molecular weight excluding hydrogens is 430 g/mol. The van der Waals surface area contributed by atoms with Gasteiger partial charge in [0, 0.05) is 15.9 Å². The molecule has 0 aliphatic rings. The highest BCUT2D eigenvalue weighted by molar-refractivity contribution is 9.10. The van der Waals surface area contributed by atoms with E-state index < -0.39 is 0 Å². The Morgan fingerprint density at radius 2 is 1.82 bits per heavy atom. The molecule has 0 amide bonds. The highest BCUT2D eigenvalue weighted by Gasteiger charge is 2.22. The van der Waals surface area contributed by atoms with Gasteiger partial charge in [0.1, 0.15) is 6.07 Å². The van der Waals surface area contributed by atoms with Crippen LogP contribution in [-0.4, -0.2) is 0 Å². The maximum atomic E-state index is 9.34. The number of benzene rings is 2. The molecule has 0 N–H and O–H groups in total. The molecule has 0 aromatic heterocycles. The van der Waals surface area contributed by atoms with Gasteiger partial charge in [-0.25, -0.2) is 4.85 Å². The first-order valence-corrected chi connectivity index (χ1v) is 8.12. The third-order valence-corrected chi connectivity index (χ3v) is 5.22. The van der Waals surface area contributed by atoms with Gasteiger partial charge in [-0.2, -0.15) is 5.26 Å². The Kier molecular flexibility index (Phi) is 5.61. The Balaban J connectivity index is 2.68. The maximum Gasteiger partial charge on any atom is 0.225 e. The van der Waals surface area contributed by atoms with Crippen LogP contribution in [0.3, 0.4) is 0 Å². The number of nitrogens with zero attached hydrogens (tertiary/aromatic N) is 2. The molecule has 0 spiro atoms. The predicted molar refractivity (Wildman–Crippen MR) is 94.4 cm³/mol. The van der Waals surface area contributed by atoms with Crippen molar-refractivity contribution < 1.29 is 0 Å². The van der Waals surface area contributed by atoms with E-state index in [1.54, 1.807) is 12.1 Å². The lowest BCUT2D eigenvalue weighted by atomic mass is 9.99. The molecule has 0 unspecified atom stereocenters. The van der Waals surface area contributed by atoms with Gasteiger partial charge in [-0.3, -0.25) is 0 Å². The van der Waals surface area contributed by atoms with Crippen LogP contribution in [0.25, 0.3) is 4.85 Å². The third-order valence-electron chi connectivity index (χ3n) is 3.00. The van der Waals surface area contributed by atoms with Crippen molar-refractivity contribution in [1.82, 2.24) is 0 Å². The quantitative estimate of drug-likeness (QED) is 0.366. The van der Waals surface area contributed by atoms with E-state index in [1.807, 2.05) is 12.1 Å². The van der Waals surface area contributed by atoms with Gasteiger partial charge in [-0.15, -0.1) is 0 Å². The second-order valence-corrected chi connectivity index (χ2v) is 6.70. The summed E-state index contributed by atoms with van der Waals surface area (Å²) in [7, 11) is 0. The summed E-state index contributed by atoms with van der Waals surface area (Å²) in [4.78, 5) is 3.30. The van der Waals surface area contributed by atoms with E-state index >= 15 is 0 Å². The van der Waals surface area contributed by atoms with Crippen molar-refractivity contribution in [2.45, 2.75) is 6.42 Å². The van der Waals surface area contributed by atoms with Crippen molar-refractivity contribution in [3.05, 3.63) is 70.9 Å². The Hall–Kier alpha value is -0.940. The summed E-state index contributed by atoms with van der Waals surface area (Å²) in [5, 5.41) is 10.1. The van der Waals surface area contributed by atoms with Crippen molar-refractivity contribution in [3.8, 4) is 6.07 Å². The lowest BCUT2D eigenvalue weighted by Gasteiger charge is -2.13. The Morgan fingerprint density at radius 1 is 1.14 bits per heavy atom. The highest BCUT2D eigenvalue weighted by atomic mass is 79.9. The van der Waals surface area contributed by atoms with E-state index in [0.717, 1.165) is 10.0 Å². The van der Waals surface area contributed by atoms with Gasteiger partial charge < -0.3 is 0 Å². The Bertz CT molecular complexity index is 850. The SMILES string of the molecule is [C-]#[N+]c1c(Cl)c(Cl)c(C#N)c(Cc2ccc(Cl)cc2Br)c1Cl. The minimum absolute atomic E-state index is 0.00265. The lowest BCUT2D eigenvalue weighted by molar-refractivity contribution is 1.17. The molecule has 2 aromatic rings. The fraction of sp³-hybridized carbons (Fsp3) is 0.0667. The van der Waals surface area contributed by atoms with Crippen molar-refractivity contribution >= 4 is 68.0 Å². The first-order chi connectivity index (χ1) is 10.4. The van der Waals surface area contributed by atoms with Crippen LogP contribution >= 0.6 is 62.3 Å². The molecule has 22 heavy (non-hydrogen) atoms. The van der Waals surface area contributed by atoms with Crippen LogP contribution < -0.4 is 0 Å². The first kappa shape index (κ1) is 17.4. The average molecular weight is 435 g/mol. The molecular formula is C15H5BrCl4N2. The van der Waals surface area contributed by atoms with Crippen LogP contribution in [0.15, 0.2) is 22.7 Å². The van der Waals surface area contributed by atoms with Gasteiger partial charge in [0.2, 0.25) is 5.69 Å². The van der Waals surface area contributed by atoms with Crippen LogP contribution in [0.1, 0.15) is 16.7 Å². The highest BCUT2D eigenvalue weighted by Crippen LogP contribution is 2.44. The normalized spacial score (nSPS) is 10.1. The molecule has 2 rings (SSSR count). The minimum Gasteiger partial charge on any atom is -0.235 e. The fourth-order valence-electron chi connectivity index (χ4n) is 1.93. The van der Waals surface area contributed by atoms with Crippen molar-refractivity contribution in [2.75, 3.05) is 0 Å². The van der Waals surface area contributed by atoms with E-state index in [4.69, 9.17) is 53.0 Å². The van der Waals surface area contributed by atoms with Crippen LogP contribution in [0.5, 0.6) is 0 Å². The summed E-state index contributed by atoms with van der Waals surface area (Å²) in [5.74, 6) is 0. The van der Waals surface area contributed by atoms with Gasteiger partial charge in [0.05, 0.1) is 27.2 Å². The number of nitriles is 1. The number of halogens is 5. The Morgan fingerprint density at radius 3 is 2.36 bits per heavy atom. The Labute approximate surface area is 156 Å². The van der Waals surface area contributed by atoms with Crippen LogP contribution in [0.4, 0.5) is 5.69 Å². The van der Waals surface area contributed by atoms with E-state index in [2.05, 4.69) is 20.8 Å². The summed E-state index contributed by atoms with van der Waals surface area (Å²) in [6.07, 6.45) is 0.318. The molecule has 7 heteroatoms. The van der Waals surface area contributed by atoms with E-state index in [-0.39, 0.29) is 26.3 Å². The zero-order valence-corrected chi connectivity index (χ0v) is 15.3. The summed E-state index contributed by atoms with van der Waals surface area (Å²) in [6.45, 7) is 7.18. The van der Waals surface area contributed by atoms with E-state index in [9.17, 15) is 5.26 Å². The predicted octanol–water partition coefficient (Wildman–Crippen LogP) is 7.08. The zero-order chi connectivity index (χ0) is 16.4. The number of rotatable bonds is 2. The van der Waals surface area contributed by atoms with Gasteiger partial charge in [0.25, 0.3) is 0 Å². The topological polar surface area (TPSA) is 28.1 Å². The van der Waals surface area contributed by atoms with Crippen LogP contribution in [-0.2, 0) is 6.42 Å². The molecule has 0 fully saturated rings. The molecule has 0 radical (unpaired) electrons. The maximum absolute atomic E-state index is 9.34. The number of hydrogen-bond donors (Lipinski definition) is 0. The zero-order valence-electron chi connectivity index (χ0n) is 10.7. The summed E-state index contributed by atoms with van der Waals surface area (Å²) in [6, 6.07) is 7.28. The number of hydrogen-bond acceptors (Lipinski definition) is 1. The van der Waals surface area contributed by atoms with Crippen molar-refractivity contribution in [2.24, 2.45) is 0 Å². The van der Waals surface area contributed by atoms with Crippen molar-refractivity contribution in [1.29, 1.82) is 5.26 Å². The van der Waals surface area contributed by atoms with Gasteiger partial charge >= 0.3 is 0 Å². The first-order valence-electron chi connectivity index (χ1n) is 5.81. The molecule has 0 aliphatic heterocycles. The van der Waals surface area contributed by atoms with E-state index in [1.165, 1.54) is 0 Å². The standard InChI is InChI=1S/C15H5BrCl4N2/c1-22-15-13(19)9(10(6-21)12(18)14(15)20)4-7-2-3-8(17)5-11(7)16/h2-3,5H,4H2. The summed E-state index contributed by atoms with van der Waals surface area (Å²) < 4.78 is 0.774. The minimum atomic E-state index is -0.00265. The molecule has 0 saturated heterocycles. The van der Waals surface area contributed by atoms with Crippen LogP contribution in [0, 0.1) is 17.9 Å². The van der Waals surface area contributed by atoms with Crippen LogP contribution in [0.2, 0.25) is 20.1 Å². The van der Waals surface area contributed by atoms with E-state index in [0.29, 0.717) is 17.0 Å². The van der Waals surface area contributed by atoms with Gasteiger partial charge in [0.15, 0.2) is 0 Å². The summed E-state index contributed by atoms with van der Waals surface area (Å²) >= 11 is 27.7. The molecule has 0 bridgehead atoms. The molecule has 2 nitrogen and oxygen atoms in total. The fourth-order valence-corrected chi connectivity index (χ4v) is 3.58. The molecule has 110 valence electrons. The smallest absolute Gasteiger partial charge is 0.225 e. The third kappa shape index (κ3) is 3.20. The molecule has 0 heterocycles.